The largest absolute Gasteiger partial charge is 0.481 e. The van der Waals surface area contributed by atoms with Crippen LogP contribution in [0.2, 0.25) is 0 Å². The molecule has 1 aromatic heterocycles. The molecule has 0 amide bonds. The van der Waals surface area contributed by atoms with Crippen LogP contribution in [0, 0.1) is 6.92 Å². The highest BCUT2D eigenvalue weighted by Crippen LogP contribution is 2.26. The molecule has 1 saturated heterocycles. The second kappa shape index (κ2) is 5.31. The molecule has 0 spiro atoms. The number of methoxy groups -OCH3 is 1. The van der Waals surface area contributed by atoms with Gasteiger partial charge in [0, 0.05) is 19.1 Å². The lowest BCUT2D eigenvalue weighted by Crippen LogP contribution is -2.37. The molecule has 1 N–H and O–H groups in total. The van der Waals surface area contributed by atoms with Crippen molar-refractivity contribution in [2.45, 2.75) is 26.3 Å². The minimum Gasteiger partial charge on any atom is -0.481 e. The van der Waals surface area contributed by atoms with Crippen LogP contribution in [0.25, 0.3) is 0 Å². The average Bonchev–Trinajstić information content (AvgIpc) is 2.86. The van der Waals surface area contributed by atoms with Gasteiger partial charge in [0.15, 0.2) is 0 Å². The van der Waals surface area contributed by atoms with Gasteiger partial charge in [0.1, 0.15) is 12.1 Å². The number of ether oxygens (including phenoxy) is 1. The number of anilines is 1. The number of aromatic nitrogens is 2. The van der Waals surface area contributed by atoms with Gasteiger partial charge in [0.25, 0.3) is 0 Å². The quantitative estimate of drug-likeness (QED) is 0.844. The lowest BCUT2D eigenvalue weighted by atomic mass is 10.2. The van der Waals surface area contributed by atoms with Crippen LogP contribution in [0.1, 0.15) is 18.9 Å². The molecule has 0 radical (unpaired) electrons. The molecule has 1 aliphatic rings. The Bertz CT molecular complexity index is 377. The Morgan fingerprint density at radius 2 is 2.35 bits per heavy atom. The van der Waals surface area contributed by atoms with Crippen molar-refractivity contribution in [3.05, 3.63) is 11.9 Å². The molecule has 0 aromatic carbocycles. The van der Waals surface area contributed by atoms with Crippen LogP contribution in [0.4, 0.5) is 5.82 Å². The SMILES string of the molecule is CCN(c1ncnc(OC)c1C)C1CCNC1. The summed E-state index contributed by atoms with van der Waals surface area (Å²) in [5.74, 6) is 1.66. The molecule has 0 aliphatic carbocycles. The van der Waals surface area contributed by atoms with E-state index in [1.165, 1.54) is 6.42 Å². The molecule has 1 atom stereocenters. The van der Waals surface area contributed by atoms with Crippen LogP contribution in [0.3, 0.4) is 0 Å². The van der Waals surface area contributed by atoms with E-state index in [2.05, 4.69) is 27.1 Å². The molecule has 1 fully saturated rings. The first-order valence-corrected chi connectivity index (χ1v) is 6.10. The molecule has 2 heterocycles. The first-order valence-electron chi connectivity index (χ1n) is 6.10. The van der Waals surface area contributed by atoms with Gasteiger partial charge in [0.2, 0.25) is 5.88 Å². The topological polar surface area (TPSA) is 50.3 Å². The average molecular weight is 236 g/mol. The molecule has 2 rings (SSSR count). The standard InChI is InChI=1S/C12H20N4O/c1-4-16(10-5-6-13-7-10)11-9(2)12(17-3)15-8-14-11/h8,10,13H,4-7H2,1-3H3. The Labute approximate surface area is 102 Å². The molecule has 1 aliphatic heterocycles. The maximum absolute atomic E-state index is 5.25. The van der Waals surface area contributed by atoms with Crippen LogP contribution >= 0.6 is 0 Å². The minimum atomic E-state index is 0.526. The summed E-state index contributed by atoms with van der Waals surface area (Å²) in [7, 11) is 1.65. The van der Waals surface area contributed by atoms with E-state index >= 15 is 0 Å². The normalized spacial score (nSPS) is 19.4. The Morgan fingerprint density at radius 3 is 2.94 bits per heavy atom. The van der Waals surface area contributed by atoms with Crippen LogP contribution in [0.5, 0.6) is 5.88 Å². The number of nitrogens with zero attached hydrogens (tertiary/aromatic N) is 3. The number of nitrogens with one attached hydrogen (secondary N) is 1. The predicted octanol–water partition coefficient (Wildman–Crippen LogP) is 0.982. The fourth-order valence-corrected chi connectivity index (χ4v) is 2.41. The van der Waals surface area contributed by atoms with Gasteiger partial charge in [-0.05, 0) is 26.8 Å². The highest BCUT2D eigenvalue weighted by Gasteiger charge is 2.24. The third-order valence-corrected chi connectivity index (χ3v) is 3.29. The summed E-state index contributed by atoms with van der Waals surface area (Å²) in [6, 6.07) is 0.526. The zero-order valence-electron chi connectivity index (χ0n) is 10.7. The van der Waals surface area contributed by atoms with Gasteiger partial charge in [-0.1, -0.05) is 0 Å². The second-order valence-electron chi connectivity index (χ2n) is 4.26. The van der Waals surface area contributed by atoms with E-state index in [0.717, 1.165) is 31.0 Å². The summed E-state index contributed by atoms with van der Waals surface area (Å²) in [6.45, 7) is 7.24. The van der Waals surface area contributed by atoms with E-state index in [9.17, 15) is 0 Å². The van der Waals surface area contributed by atoms with E-state index in [1.807, 2.05) is 6.92 Å². The third-order valence-electron chi connectivity index (χ3n) is 3.29. The molecule has 1 aromatic rings. The van der Waals surface area contributed by atoms with Gasteiger partial charge >= 0.3 is 0 Å². The molecular weight excluding hydrogens is 216 g/mol. The van der Waals surface area contributed by atoms with Gasteiger partial charge in [-0.25, -0.2) is 9.97 Å². The molecule has 0 bridgehead atoms. The Morgan fingerprint density at radius 1 is 1.53 bits per heavy atom. The van der Waals surface area contributed by atoms with E-state index in [0.29, 0.717) is 11.9 Å². The van der Waals surface area contributed by atoms with E-state index in [-0.39, 0.29) is 0 Å². The van der Waals surface area contributed by atoms with Crippen LogP contribution in [0.15, 0.2) is 6.33 Å². The number of hydrogen-bond acceptors (Lipinski definition) is 5. The van der Waals surface area contributed by atoms with Crippen LogP contribution in [-0.2, 0) is 0 Å². The first kappa shape index (κ1) is 12.1. The monoisotopic (exact) mass is 236 g/mol. The van der Waals surface area contributed by atoms with Crippen molar-refractivity contribution in [1.29, 1.82) is 0 Å². The minimum absolute atomic E-state index is 0.526. The van der Waals surface area contributed by atoms with Gasteiger partial charge in [0.05, 0.1) is 12.7 Å². The lowest BCUT2D eigenvalue weighted by molar-refractivity contribution is 0.393. The molecular formula is C12H20N4O. The first-order chi connectivity index (χ1) is 8.27. The number of likely N-dealkylation sites (N-methyl/N-ethyl adjacent to an activating group) is 1. The van der Waals surface area contributed by atoms with Crippen molar-refractivity contribution < 1.29 is 4.74 Å². The summed E-state index contributed by atoms with van der Waals surface area (Å²) < 4.78 is 5.25. The Hall–Kier alpha value is -1.36. The zero-order chi connectivity index (χ0) is 12.3. The zero-order valence-corrected chi connectivity index (χ0v) is 10.7. The van der Waals surface area contributed by atoms with E-state index in [1.54, 1.807) is 13.4 Å². The maximum Gasteiger partial charge on any atom is 0.221 e. The molecule has 17 heavy (non-hydrogen) atoms. The van der Waals surface area contributed by atoms with E-state index in [4.69, 9.17) is 4.74 Å². The molecule has 94 valence electrons. The van der Waals surface area contributed by atoms with E-state index < -0.39 is 0 Å². The highest BCUT2D eigenvalue weighted by molar-refractivity contribution is 5.51. The van der Waals surface area contributed by atoms with Crippen molar-refractivity contribution in [3.8, 4) is 5.88 Å². The van der Waals surface area contributed by atoms with Crippen molar-refractivity contribution >= 4 is 5.82 Å². The van der Waals surface area contributed by atoms with Crippen molar-refractivity contribution in [3.63, 3.8) is 0 Å². The van der Waals surface area contributed by atoms with Gasteiger partial charge in [-0.2, -0.15) is 0 Å². The smallest absolute Gasteiger partial charge is 0.221 e. The summed E-state index contributed by atoms with van der Waals surface area (Å²) in [5, 5.41) is 3.39. The summed E-state index contributed by atoms with van der Waals surface area (Å²) in [6.07, 6.45) is 2.74. The third kappa shape index (κ3) is 2.34. The highest BCUT2D eigenvalue weighted by atomic mass is 16.5. The number of rotatable bonds is 4. The summed E-state index contributed by atoms with van der Waals surface area (Å²) >= 11 is 0. The molecule has 5 nitrogen and oxygen atoms in total. The molecule has 0 saturated carbocycles. The summed E-state index contributed by atoms with van der Waals surface area (Å²) in [4.78, 5) is 10.9. The van der Waals surface area contributed by atoms with Gasteiger partial charge in [-0.3, -0.25) is 0 Å². The predicted molar refractivity (Wildman–Crippen MR) is 67.6 cm³/mol. The van der Waals surface area contributed by atoms with Crippen LogP contribution < -0.4 is 15.0 Å². The van der Waals surface area contributed by atoms with Crippen molar-refractivity contribution in [1.82, 2.24) is 15.3 Å². The fourth-order valence-electron chi connectivity index (χ4n) is 2.41. The number of hydrogen-bond donors (Lipinski definition) is 1. The fraction of sp³-hybridized carbons (Fsp3) is 0.667. The lowest BCUT2D eigenvalue weighted by Gasteiger charge is -2.29. The van der Waals surface area contributed by atoms with Crippen molar-refractivity contribution in [2.75, 3.05) is 31.6 Å². The molecule has 5 heteroatoms. The summed E-state index contributed by atoms with van der Waals surface area (Å²) in [5.41, 5.74) is 1.02. The molecule has 1 unspecified atom stereocenters. The van der Waals surface area contributed by atoms with Gasteiger partial charge < -0.3 is 15.0 Å². The van der Waals surface area contributed by atoms with Gasteiger partial charge in [-0.15, -0.1) is 0 Å². The maximum atomic E-state index is 5.25. The second-order valence-corrected chi connectivity index (χ2v) is 4.26. The van der Waals surface area contributed by atoms with Crippen molar-refractivity contribution in [2.24, 2.45) is 0 Å². The van der Waals surface area contributed by atoms with Crippen LogP contribution in [-0.4, -0.2) is 42.8 Å². The Kier molecular flexibility index (Phi) is 3.78. The Balaban J connectivity index is 2.29.